The molecule has 78 heavy (non-hydrogen) atoms. The zero-order valence-electron chi connectivity index (χ0n) is 53.6. The molecule has 0 spiro atoms. The zero-order chi connectivity index (χ0) is 55.0. The molecule has 0 amide bonds. The number of rotatable bonds is 38. The Kier molecular flexibility index (Phi) is 43.6. The minimum Gasteiger partial charge on any atom is -0.507 e. The number of benzene rings is 2. The predicted molar refractivity (Wildman–Crippen MR) is 338 cm³/mol. The van der Waals surface area contributed by atoms with Crippen molar-refractivity contribution in [3.05, 3.63) is 79.9 Å². The van der Waals surface area contributed by atoms with Gasteiger partial charge >= 0.3 is 6.16 Å². The number of hydrogen-bond donors (Lipinski definition) is 4. The Morgan fingerprint density at radius 2 is 0.731 bits per heavy atom. The van der Waals surface area contributed by atoms with Crippen molar-refractivity contribution < 1.29 is 51.5 Å². The first kappa shape index (κ1) is 79.3. The van der Waals surface area contributed by atoms with Gasteiger partial charge < -0.3 is 51.7 Å². The second-order valence-electron chi connectivity index (χ2n) is 23.8. The van der Waals surface area contributed by atoms with E-state index in [4.69, 9.17) is 25.0 Å². The maximum absolute atomic E-state index is 11.8. The smallest absolute Gasteiger partial charge is 0.503 e. The topological polar surface area (TPSA) is 123 Å². The van der Waals surface area contributed by atoms with Gasteiger partial charge in [-0.15, -0.1) is 0 Å². The molecular weight excluding hydrogens is 1000 g/mol. The van der Waals surface area contributed by atoms with Crippen molar-refractivity contribution in [2.24, 2.45) is 9.98 Å². The summed E-state index contributed by atoms with van der Waals surface area (Å²) in [4.78, 5) is 19.1. The predicted octanol–water partition coefficient (Wildman–Crippen LogP) is 19.0. The molecule has 1 saturated carbocycles. The average molecular weight is 1130 g/mol. The van der Waals surface area contributed by atoms with Gasteiger partial charge in [0.1, 0.15) is 11.5 Å². The zero-order valence-corrected chi connectivity index (χ0v) is 54.8. The van der Waals surface area contributed by atoms with Crippen LogP contribution in [0.3, 0.4) is 0 Å². The summed E-state index contributed by atoms with van der Waals surface area (Å²) in [5.41, 5.74) is 6.34. The van der Waals surface area contributed by atoms with Gasteiger partial charge in [0.15, 0.2) is 0 Å². The summed E-state index contributed by atoms with van der Waals surface area (Å²) in [6.07, 6.45) is 33.8. The van der Waals surface area contributed by atoms with Crippen molar-refractivity contribution >= 4 is 18.6 Å². The number of aromatic hydroxyl groups is 2. The number of hydrogen-bond acceptors (Lipinski definition) is 5. The first-order valence-electron chi connectivity index (χ1n) is 30.8. The van der Waals surface area contributed by atoms with Crippen molar-refractivity contribution in [2.45, 2.75) is 273 Å². The van der Waals surface area contributed by atoms with Gasteiger partial charge in [0.2, 0.25) is 0 Å². The van der Waals surface area contributed by atoms with Crippen LogP contribution in [0, 0.1) is 36.1 Å². The Bertz CT molecular complexity index is 1820. The van der Waals surface area contributed by atoms with E-state index in [2.05, 4.69) is 100 Å². The Morgan fingerprint density at radius 3 is 0.987 bits per heavy atom. The molecule has 0 heterocycles. The van der Waals surface area contributed by atoms with E-state index in [-0.39, 0.29) is 62.6 Å². The Morgan fingerprint density at radius 1 is 0.487 bits per heavy atom. The molecule has 2 atom stereocenters. The van der Waals surface area contributed by atoms with E-state index >= 15 is 0 Å². The maximum Gasteiger partial charge on any atom is 0.503 e. The van der Waals surface area contributed by atoms with Crippen LogP contribution in [0.1, 0.15) is 270 Å². The van der Waals surface area contributed by atoms with Gasteiger partial charge in [-0.2, -0.15) is 0 Å². The van der Waals surface area contributed by atoms with Crippen LogP contribution in [0.2, 0.25) is 0 Å². The summed E-state index contributed by atoms with van der Waals surface area (Å²) in [5, 5.41) is 37.1. The maximum atomic E-state index is 11.8. The average Bonchev–Trinajstić information content (AvgIpc) is 3.38. The number of phenols is 2. The summed E-state index contributed by atoms with van der Waals surface area (Å²) in [7, 11) is 0. The molecule has 9 nitrogen and oxygen atoms in total. The van der Waals surface area contributed by atoms with Crippen molar-refractivity contribution in [1.82, 2.24) is 0 Å². The Hall–Kier alpha value is -2.90. The van der Waals surface area contributed by atoms with Crippen molar-refractivity contribution in [2.75, 3.05) is 52.4 Å². The van der Waals surface area contributed by atoms with Gasteiger partial charge in [-0.3, -0.25) is 9.98 Å². The molecule has 0 bridgehead atoms. The van der Waals surface area contributed by atoms with Crippen LogP contribution in [0.15, 0.2) is 34.3 Å². The quantitative estimate of drug-likeness (QED) is 0.0303. The van der Waals surface area contributed by atoms with Gasteiger partial charge in [0.25, 0.3) is 0 Å². The molecule has 1 aliphatic carbocycles. The van der Waals surface area contributed by atoms with Gasteiger partial charge in [-0.1, -0.05) is 158 Å². The molecule has 0 aromatic heterocycles. The molecule has 3 rings (SSSR count). The SMILES string of the molecule is CCCCC(C)(CCCC)c1cc(C)c(O)c(C=NC2CCCCC2N=Cc2cc(C(C)(CCC[N+](CCCC)(CCCC)CCCC)CCC[N+](CCCC)(CCCC)CCCC)cc(C)c2O)c1.O=C(O)O.[CH3-].[CH3-].[CH3-].[Cr]. The Labute approximate surface area is 494 Å². The summed E-state index contributed by atoms with van der Waals surface area (Å²) in [6.45, 7) is 38.3. The standard InChI is InChI=1S/C64H112N4O2.CH2O3.3CH3.Cr/c1-13-21-35-63(11,36-22-14-2)57-47-53(9)61(69)55(49-57)51-65-59-33-29-30-34-60(59)66-52-56-50-58(48-54(10)62(56)70)64(12,37-31-45-67(39-23-15-3,40-24-16-4)41-25-17-5)38-32-46-68(42-26-18-6,43-27-19-7)44-28-20-8;2-1(3)4;;;;/h47-52,59-60H,13-46H2,1-12H3;(H2,2,3,4);3*1H3;/q;;3*-1;/p+2. The van der Waals surface area contributed by atoms with Crippen LogP contribution in [0.4, 0.5) is 4.79 Å². The molecule has 0 aliphatic heterocycles. The fourth-order valence-electron chi connectivity index (χ4n) is 12.2. The van der Waals surface area contributed by atoms with Crippen molar-refractivity contribution in [3.63, 3.8) is 0 Å². The van der Waals surface area contributed by atoms with Crippen LogP contribution >= 0.6 is 0 Å². The number of aliphatic imine (C=N–C) groups is 2. The Balaban J connectivity index is -0.00000678. The molecule has 454 valence electrons. The first-order valence-corrected chi connectivity index (χ1v) is 30.8. The van der Waals surface area contributed by atoms with E-state index in [1.807, 2.05) is 19.4 Å². The number of phenolic OH excluding ortho intramolecular Hbond substituents is 2. The van der Waals surface area contributed by atoms with E-state index in [9.17, 15) is 10.2 Å². The second-order valence-corrected chi connectivity index (χ2v) is 23.8. The fourth-order valence-corrected chi connectivity index (χ4v) is 12.2. The van der Waals surface area contributed by atoms with E-state index in [1.54, 1.807) is 0 Å². The molecule has 0 radical (unpaired) electrons. The van der Waals surface area contributed by atoms with Crippen LogP contribution in [-0.2, 0) is 28.2 Å². The minimum atomic E-state index is -1.83. The van der Waals surface area contributed by atoms with Gasteiger partial charge in [0, 0.05) is 40.9 Å². The van der Waals surface area contributed by atoms with Gasteiger partial charge in [0.05, 0.1) is 64.4 Å². The summed E-state index contributed by atoms with van der Waals surface area (Å²) in [6, 6.07) is 9.18. The third kappa shape index (κ3) is 27.2. The third-order valence-corrected chi connectivity index (χ3v) is 17.4. The van der Waals surface area contributed by atoms with E-state index in [0.717, 1.165) is 60.8 Å². The van der Waals surface area contributed by atoms with Crippen LogP contribution in [0.25, 0.3) is 0 Å². The normalized spacial score (nSPS) is 15.0. The van der Waals surface area contributed by atoms with E-state index in [1.165, 1.54) is 201 Å². The van der Waals surface area contributed by atoms with Crippen molar-refractivity contribution in [3.8, 4) is 11.5 Å². The van der Waals surface area contributed by atoms with Gasteiger partial charge in [-0.25, -0.2) is 4.79 Å². The molecule has 4 N–H and O–H groups in total. The van der Waals surface area contributed by atoms with Crippen LogP contribution in [0.5, 0.6) is 11.5 Å². The van der Waals surface area contributed by atoms with E-state index in [0.29, 0.717) is 11.5 Å². The van der Waals surface area contributed by atoms with Gasteiger partial charge in [-0.05, 0) is 149 Å². The number of aryl methyl sites for hydroxylation is 2. The molecule has 2 aromatic carbocycles. The third-order valence-electron chi connectivity index (χ3n) is 17.4. The molecule has 0 saturated heterocycles. The summed E-state index contributed by atoms with van der Waals surface area (Å²) < 4.78 is 2.58. The number of carboxylic acid groups (broad SMARTS) is 2. The second kappa shape index (κ2) is 42.9. The molecule has 2 aromatic rings. The summed E-state index contributed by atoms with van der Waals surface area (Å²) >= 11 is 0. The largest absolute Gasteiger partial charge is 0.507 e. The molecule has 1 fully saturated rings. The molecule has 1 aliphatic rings. The van der Waals surface area contributed by atoms with Crippen LogP contribution < -0.4 is 0 Å². The minimum absolute atomic E-state index is 0. The van der Waals surface area contributed by atoms with E-state index < -0.39 is 6.16 Å². The number of unbranched alkanes of at least 4 members (excludes halogenated alkanes) is 8. The number of carbonyl (C=O) groups is 1. The monoisotopic (exact) mass is 1130 g/mol. The summed E-state index contributed by atoms with van der Waals surface area (Å²) in [5.74, 6) is 0.706. The molecule has 10 heteroatoms. The molecule has 2 unspecified atom stereocenters. The first-order chi connectivity index (χ1) is 35.4. The number of nitrogens with zero attached hydrogens (tertiary/aromatic N) is 4. The van der Waals surface area contributed by atoms with Crippen LogP contribution in [-0.4, -0.2) is 112 Å². The number of quaternary nitrogens is 2. The molecular formula is C68H125CrN4O5-. The fraction of sp³-hybridized carbons (Fsp3) is 0.735. The van der Waals surface area contributed by atoms with Crippen molar-refractivity contribution in [1.29, 1.82) is 0 Å².